The maximum atomic E-state index is 12.7. The number of H-pyrrole nitrogens is 1. The minimum absolute atomic E-state index is 0.00855. The molecule has 1 amide bonds. The molecule has 2 heterocycles. The molecule has 0 spiro atoms. The summed E-state index contributed by atoms with van der Waals surface area (Å²) in [6.45, 7) is 3.36. The largest absolute Gasteiger partial charge is 0.486 e. The van der Waals surface area contributed by atoms with Crippen molar-refractivity contribution in [1.82, 2.24) is 14.9 Å². The Hall–Kier alpha value is -3.35. The molecule has 0 aliphatic carbocycles. The Morgan fingerprint density at radius 3 is 2.76 bits per heavy atom. The first-order valence-electron chi connectivity index (χ1n) is 9.78. The van der Waals surface area contributed by atoms with Gasteiger partial charge >= 0.3 is 0 Å². The number of carbonyl (C=O) groups excluding carboxylic acids is 1. The predicted molar refractivity (Wildman–Crippen MR) is 109 cm³/mol. The van der Waals surface area contributed by atoms with Gasteiger partial charge < -0.3 is 19.4 Å². The maximum Gasteiger partial charge on any atom is 0.258 e. The van der Waals surface area contributed by atoms with Gasteiger partial charge in [-0.15, -0.1) is 0 Å². The van der Waals surface area contributed by atoms with Crippen LogP contribution in [0.3, 0.4) is 0 Å². The van der Waals surface area contributed by atoms with Crippen molar-refractivity contribution in [3.8, 4) is 11.5 Å². The van der Waals surface area contributed by atoms with E-state index < -0.39 is 0 Å². The average molecular weight is 393 g/mol. The van der Waals surface area contributed by atoms with Gasteiger partial charge in [0.25, 0.3) is 5.56 Å². The second-order valence-corrected chi connectivity index (χ2v) is 6.96. The average Bonchev–Trinajstić information content (AvgIpc) is 2.75. The first-order chi connectivity index (χ1) is 14.1. The van der Waals surface area contributed by atoms with E-state index in [2.05, 4.69) is 9.97 Å². The molecular formula is C22H23N3O4. The molecule has 7 nitrogen and oxygen atoms in total. The predicted octanol–water partition coefficient (Wildman–Crippen LogP) is 2.54. The number of aryl methyl sites for hydroxylation is 1. The number of likely N-dealkylation sites (N-methyl/N-ethyl adjacent to an activating group) is 1. The van der Waals surface area contributed by atoms with E-state index in [0.29, 0.717) is 48.6 Å². The Kier molecular flexibility index (Phi) is 5.46. The standard InChI is InChI=1S/C22H23N3O4/c1-2-25(13-15-14-28-18-9-5-6-10-19(18)29-15)21(26)12-11-20-23-17-8-4-3-7-16(17)22(27)24-20/h3-10,15H,2,11-14H2,1H3,(H,23,24,27). The Morgan fingerprint density at radius 2 is 1.93 bits per heavy atom. The summed E-state index contributed by atoms with van der Waals surface area (Å²) in [4.78, 5) is 33.9. The number of amides is 1. The fourth-order valence-electron chi connectivity index (χ4n) is 3.44. The van der Waals surface area contributed by atoms with Crippen molar-refractivity contribution in [2.75, 3.05) is 19.7 Å². The van der Waals surface area contributed by atoms with Crippen LogP contribution in [0.1, 0.15) is 19.2 Å². The van der Waals surface area contributed by atoms with Crippen molar-refractivity contribution < 1.29 is 14.3 Å². The van der Waals surface area contributed by atoms with Crippen molar-refractivity contribution in [3.63, 3.8) is 0 Å². The minimum Gasteiger partial charge on any atom is -0.486 e. The van der Waals surface area contributed by atoms with E-state index in [1.165, 1.54) is 0 Å². The number of nitrogens with zero attached hydrogens (tertiary/aromatic N) is 2. The number of hydrogen-bond acceptors (Lipinski definition) is 5. The molecule has 4 rings (SSSR count). The summed E-state index contributed by atoms with van der Waals surface area (Å²) in [6, 6.07) is 14.7. The van der Waals surface area contributed by atoms with Gasteiger partial charge in [0.05, 0.1) is 17.4 Å². The normalized spacial score (nSPS) is 15.3. The van der Waals surface area contributed by atoms with Crippen LogP contribution in [0, 0.1) is 0 Å². The Morgan fingerprint density at radius 1 is 1.17 bits per heavy atom. The number of para-hydroxylation sites is 3. The molecule has 1 unspecified atom stereocenters. The van der Waals surface area contributed by atoms with E-state index in [1.807, 2.05) is 37.3 Å². The van der Waals surface area contributed by atoms with Crippen LogP contribution < -0.4 is 15.0 Å². The van der Waals surface area contributed by atoms with E-state index in [9.17, 15) is 9.59 Å². The highest BCUT2D eigenvalue weighted by atomic mass is 16.6. The van der Waals surface area contributed by atoms with Gasteiger partial charge in [0.1, 0.15) is 12.4 Å². The molecule has 1 aliphatic heterocycles. The topological polar surface area (TPSA) is 84.5 Å². The number of nitrogens with one attached hydrogen (secondary N) is 1. The van der Waals surface area contributed by atoms with Crippen molar-refractivity contribution in [1.29, 1.82) is 0 Å². The number of aromatic nitrogens is 2. The molecule has 150 valence electrons. The number of fused-ring (bicyclic) bond motifs is 2. The monoisotopic (exact) mass is 393 g/mol. The summed E-state index contributed by atoms with van der Waals surface area (Å²) in [5.74, 6) is 1.93. The molecule has 0 fully saturated rings. The maximum absolute atomic E-state index is 12.7. The quantitative estimate of drug-likeness (QED) is 0.696. The lowest BCUT2D eigenvalue weighted by molar-refractivity contribution is -0.132. The zero-order valence-corrected chi connectivity index (χ0v) is 16.3. The van der Waals surface area contributed by atoms with Crippen LogP contribution >= 0.6 is 0 Å². The third-order valence-corrected chi connectivity index (χ3v) is 4.96. The second-order valence-electron chi connectivity index (χ2n) is 6.96. The van der Waals surface area contributed by atoms with Gasteiger partial charge in [-0.2, -0.15) is 0 Å². The molecular weight excluding hydrogens is 370 g/mol. The summed E-state index contributed by atoms with van der Waals surface area (Å²) < 4.78 is 11.7. The fourth-order valence-corrected chi connectivity index (χ4v) is 3.44. The van der Waals surface area contributed by atoms with Crippen LogP contribution in [-0.2, 0) is 11.2 Å². The fraction of sp³-hybridized carbons (Fsp3) is 0.318. The van der Waals surface area contributed by atoms with E-state index in [0.717, 1.165) is 5.75 Å². The van der Waals surface area contributed by atoms with Gasteiger partial charge in [0, 0.05) is 19.4 Å². The number of benzene rings is 2. The highest BCUT2D eigenvalue weighted by molar-refractivity contribution is 5.78. The lowest BCUT2D eigenvalue weighted by Crippen LogP contribution is -2.43. The first kappa shape index (κ1) is 19.0. The molecule has 0 saturated heterocycles. The van der Waals surface area contributed by atoms with Crippen LogP contribution in [0.25, 0.3) is 10.9 Å². The van der Waals surface area contributed by atoms with Crippen LogP contribution in [0.15, 0.2) is 53.3 Å². The molecule has 1 atom stereocenters. The molecule has 0 bridgehead atoms. The van der Waals surface area contributed by atoms with Gasteiger partial charge in [-0.25, -0.2) is 4.98 Å². The molecule has 1 aromatic heterocycles. The van der Waals surface area contributed by atoms with Crippen LogP contribution in [0.2, 0.25) is 0 Å². The lowest BCUT2D eigenvalue weighted by Gasteiger charge is -2.31. The Balaban J connectivity index is 1.38. The number of hydrogen-bond donors (Lipinski definition) is 1. The molecule has 2 aromatic carbocycles. The lowest BCUT2D eigenvalue weighted by atomic mass is 10.2. The highest BCUT2D eigenvalue weighted by Crippen LogP contribution is 2.31. The number of carbonyl (C=O) groups is 1. The van der Waals surface area contributed by atoms with Gasteiger partial charge in [0.2, 0.25) is 5.91 Å². The Labute approximate surface area is 168 Å². The van der Waals surface area contributed by atoms with E-state index in [-0.39, 0.29) is 24.0 Å². The van der Waals surface area contributed by atoms with E-state index in [1.54, 1.807) is 23.1 Å². The molecule has 1 N–H and O–H groups in total. The molecule has 1 aliphatic rings. The number of rotatable bonds is 6. The van der Waals surface area contributed by atoms with Gasteiger partial charge in [-0.3, -0.25) is 9.59 Å². The summed E-state index contributed by atoms with van der Waals surface area (Å²) in [5.41, 5.74) is 0.453. The molecule has 0 radical (unpaired) electrons. The van der Waals surface area contributed by atoms with Crippen LogP contribution in [-0.4, -0.2) is 46.6 Å². The van der Waals surface area contributed by atoms with Crippen molar-refractivity contribution in [2.45, 2.75) is 25.9 Å². The van der Waals surface area contributed by atoms with Gasteiger partial charge in [0.15, 0.2) is 17.6 Å². The van der Waals surface area contributed by atoms with E-state index >= 15 is 0 Å². The summed E-state index contributed by atoms with van der Waals surface area (Å²) in [5, 5.41) is 0.549. The zero-order valence-electron chi connectivity index (χ0n) is 16.3. The van der Waals surface area contributed by atoms with Gasteiger partial charge in [-0.05, 0) is 31.2 Å². The number of ether oxygens (including phenoxy) is 2. The summed E-state index contributed by atoms with van der Waals surface area (Å²) >= 11 is 0. The number of aromatic amines is 1. The van der Waals surface area contributed by atoms with Gasteiger partial charge in [-0.1, -0.05) is 24.3 Å². The zero-order chi connectivity index (χ0) is 20.2. The van der Waals surface area contributed by atoms with Crippen molar-refractivity contribution in [3.05, 3.63) is 64.7 Å². The third kappa shape index (κ3) is 4.23. The molecule has 0 saturated carbocycles. The smallest absolute Gasteiger partial charge is 0.258 e. The highest BCUT2D eigenvalue weighted by Gasteiger charge is 2.24. The third-order valence-electron chi connectivity index (χ3n) is 4.96. The first-order valence-corrected chi connectivity index (χ1v) is 9.78. The minimum atomic E-state index is -0.215. The molecule has 7 heteroatoms. The van der Waals surface area contributed by atoms with E-state index in [4.69, 9.17) is 9.47 Å². The van der Waals surface area contributed by atoms with Crippen molar-refractivity contribution in [2.24, 2.45) is 0 Å². The van der Waals surface area contributed by atoms with Crippen molar-refractivity contribution >= 4 is 16.8 Å². The summed E-state index contributed by atoms with van der Waals surface area (Å²) in [7, 11) is 0. The van der Waals surface area contributed by atoms with Crippen LogP contribution in [0.5, 0.6) is 11.5 Å². The molecule has 3 aromatic rings. The molecule has 29 heavy (non-hydrogen) atoms. The van der Waals surface area contributed by atoms with Crippen LogP contribution in [0.4, 0.5) is 0 Å². The SMILES string of the molecule is CCN(CC1COc2ccccc2O1)C(=O)CCc1nc2ccccc2c(=O)[nH]1. The second kappa shape index (κ2) is 8.34. The summed E-state index contributed by atoms with van der Waals surface area (Å²) in [6.07, 6.45) is 0.423. The Bertz CT molecular complexity index is 1080.